The van der Waals surface area contributed by atoms with Crippen LogP contribution in [0.2, 0.25) is 0 Å². The van der Waals surface area contributed by atoms with E-state index < -0.39 is 22.5 Å². The Labute approximate surface area is 195 Å². The molecule has 3 aromatic carbocycles. The minimum absolute atomic E-state index is 0.0893. The van der Waals surface area contributed by atoms with E-state index in [4.69, 9.17) is 0 Å². The summed E-state index contributed by atoms with van der Waals surface area (Å²) < 4.78 is 28.6. The number of sulfonamides is 1. The van der Waals surface area contributed by atoms with Gasteiger partial charge in [0, 0.05) is 22.8 Å². The molecule has 0 heterocycles. The Morgan fingerprint density at radius 1 is 0.906 bits per heavy atom. The molecule has 0 radical (unpaired) electrons. The van der Waals surface area contributed by atoms with Crippen LogP contribution in [-0.4, -0.2) is 26.8 Å². The SMILES string of the molecule is CC(=O)Nc1cccc(NC(=O)CN(c2ccc(Br)cc2)S(=O)(=O)c2ccc(C)cc2)c1. The molecule has 7 nitrogen and oxygen atoms in total. The molecule has 2 N–H and O–H groups in total. The van der Waals surface area contributed by atoms with Crippen LogP contribution in [0.5, 0.6) is 0 Å². The van der Waals surface area contributed by atoms with Gasteiger partial charge in [-0.3, -0.25) is 13.9 Å². The third-order valence-corrected chi connectivity index (χ3v) is 6.79. The molecule has 0 unspecified atom stereocenters. The highest BCUT2D eigenvalue weighted by Crippen LogP contribution is 2.26. The molecule has 9 heteroatoms. The zero-order chi connectivity index (χ0) is 23.3. The topological polar surface area (TPSA) is 95.6 Å². The maximum absolute atomic E-state index is 13.4. The summed E-state index contributed by atoms with van der Waals surface area (Å²) in [5.41, 5.74) is 2.24. The number of hydrogen-bond acceptors (Lipinski definition) is 4. The van der Waals surface area contributed by atoms with Crippen molar-refractivity contribution >= 4 is 54.8 Å². The van der Waals surface area contributed by atoms with Crippen LogP contribution >= 0.6 is 15.9 Å². The van der Waals surface area contributed by atoms with Crippen molar-refractivity contribution in [1.82, 2.24) is 0 Å². The summed E-state index contributed by atoms with van der Waals surface area (Å²) in [5, 5.41) is 5.33. The third-order valence-electron chi connectivity index (χ3n) is 4.48. The van der Waals surface area contributed by atoms with Crippen LogP contribution in [-0.2, 0) is 19.6 Å². The number of hydrogen-bond donors (Lipinski definition) is 2. The Hall–Kier alpha value is -3.17. The van der Waals surface area contributed by atoms with E-state index in [2.05, 4.69) is 26.6 Å². The molecule has 0 saturated heterocycles. The van der Waals surface area contributed by atoms with Gasteiger partial charge in [0.25, 0.3) is 10.0 Å². The lowest BCUT2D eigenvalue weighted by molar-refractivity contribution is -0.115. The van der Waals surface area contributed by atoms with E-state index in [1.807, 2.05) is 6.92 Å². The van der Waals surface area contributed by atoms with Gasteiger partial charge in [-0.2, -0.15) is 0 Å². The molecule has 0 aliphatic rings. The summed E-state index contributed by atoms with van der Waals surface area (Å²) in [4.78, 5) is 24.2. The van der Waals surface area contributed by atoms with Crippen LogP contribution < -0.4 is 14.9 Å². The second-order valence-corrected chi connectivity index (χ2v) is 9.89. The van der Waals surface area contributed by atoms with E-state index in [-0.39, 0.29) is 10.8 Å². The average molecular weight is 516 g/mol. The minimum atomic E-state index is -3.99. The van der Waals surface area contributed by atoms with Crippen LogP contribution in [0.3, 0.4) is 0 Å². The molecule has 0 aliphatic carbocycles. The fraction of sp³-hybridized carbons (Fsp3) is 0.130. The van der Waals surface area contributed by atoms with E-state index in [9.17, 15) is 18.0 Å². The summed E-state index contributed by atoms with van der Waals surface area (Å²) >= 11 is 3.34. The van der Waals surface area contributed by atoms with Crippen LogP contribution in [0.1, 0.15) is 12.5 Å². The van der Waals surface area contributed by atoms with Gasteiger partial charge >= 0.3 is 0 Å². The number of rotatable bonds is 7. The van der Waals surface area contributed by atoms with Gasteiger partial charge in [-0.05, 0) is 61.5 Å². The fourth-order valence-corrected chi connectivity index (χ4v) is 4.65. The predicted molar refractivity (Wildman–Crippen MR) is 129 cm³/mol. The lowest BCUT2D eigenvalue weighted by Crippen LogP contribution is -2.38. The van der Waals surface area contributed by atoms with Crippen molar-refractivity contribution in [2.75, 3.05) is 21.5 Å². The highest BCUT2D eigenvalue weighted by molar-refractivity contribution is 9.10. The Balaban J connectivity index is 1.89. The van der Waals surface area contributed by atoms with E-state index >= 15 is 0 Å². The number of halogens is 1. The molecule has 32 heavy (non-hydrogen) atoms. The number of aryl methyl sites for hydroxylation is 1. The van der Waals surface area contributed by atoms with Crippen molar-refractivity contribution in [1.29, 1.82) is 0 Å². The molecule has 0 atom stereocenters. The van der Waals surface area contributed by atoms with Crippen molar-refractivity contribution in [2.24, 2.45) is 0 Å². The first kappa shape index (κ1) is 23.5. The summed E-state index contributed by atoms with van der Waals surface area (Å²) in [5.74, 6) is -0.761. The first-order chi connectivity index (χ1) is 15.1. The molecular formula is C23H22BrN3O4S. The monoisotopic (exact) mass is 515 g/mol. The molecule has 166 valence electrons. The maximum Gasteiger partial charge on any atom is 0.264 e. The highest BCUT2D eigenvalue weighted by atomic mass is 79.9. The Morgan fingerprint density at radius 3 is 2.09 bits per heavy atom. The van der Waals surface area contributed by atoms with Crippen molar-refractivity contribution in [3.05, 3.63) is 82.8 Å². The lowest BCUT2D eigenvalue weighted by atomic mass is 10.2. The van der Waals surface area contributed by atoms with E-state index in [1.165, 1.54) is 19.1 Å². The Bertz CT molecular complexity index is 1230. The molecule has 0 fully saturated rings. The number of benzene rings is 3. The van der Waals surface area contributed by atoms with Gasteiger partial charge < -0.3 is 10.6 Å². The molecule has 3 rings (SSSR count). The van der Waals surface area contributed by atoms with E-state index in [0.717, 1.165) is 14.3 Å². The molecule has 0 aliphatic heterocycles. The Morgan fingerprint density at radius 2 is 1.50 bits per heavy atom. The zero-order valence-electron chi connectivity index (χ0n) is 17.5. The van der Waals surface area contributed by atoms with Crippen molar-refractivity contribution in [2.45, 2.75) is 18.7 Å². The predicted octanol–water partition coefficient (Wildman–Crippen LogP) is 4.55. The van der Waals surface area contributed by atoms with Gasteiger partial charge in [0.05, 0.1) is 10.6 Å². The van der Waals surface area contributed by atoms with E-state index in [0.29, 0.717) is 17.1 Å². The molecule has 2 amide bonds. The first-order valence-corrected chi connectivity index (χ1v) is 11.9. The zero-order valence-corrected chi connectivity index (χ0v) is 19.9. The number of carbonyl (C=O) groups excluding carboxylic acids is 2. The fourth-order valence-electron chi connectivity index (χ4n) is 2.97. The summed E-state index contributed by atoms with van der Waals surface area (Å²) in [6, 6.07) is 19.7. The largest absolute Gasteiger partial charge is 0.326 e. The summed E-state index contributed by atoms with van der Waals surface area (Å²) in [6.07, 6.45) is 0. The van der Waals surface area contributed by atoms with Gasteiger partial charge in [0.2, 0.25) is 11.8 Å². The van der Waals surface area contributed by atoms with Gasteiger partial charge in [0.1, 0.15) is 6.54 Å². The Kier molecular flexibility index (Phi) is 7.32. The second kappa shape index (κ2) is 9.97. The summed E-state index contributed by atoms with van der Waals surface area (Å²) in [6.45, 7) is 2.82. The number of carbonyl (C=O) groups is 2. The molecule has 0 saturated carbocycles. The van der Waals surface area contributed by atoms with Crippen molar-refractivity contribution in [3.63, 3.8) is 0 Å². The van der Waals surface area contributed by atoms with Gasteiger partial charge in [0.15, 0.2) is 0 Å². The molecule has 0 aromatic heterocycles. The molecule has 0 spiro atoms. The normalized spacial score (nSPS) is 11.0. The highest BCUT2D eigenvalue weighted by Gasteiger charge is 2.27. The van der Waals surface area contributed by atoms with Crippen LogP contribution in [0, 0.1) is 6.92 Å². The number of nitrogens with one attached hydrogen (secondary N) is 2. The van der Waals surface area contributed by atoms with Crippen molar-refractivity contribution in [3.8, 4) is 0 Å². The van der Waals surface area contributed by atoms with Gasteiger partial charge in [-0.1, -0.05) is 39.7 Å². The first-order valence-electron chi connectivity index (χ1n) is 9.67. The summed E-state index contributed by atoms with van der Waals surface area (Å²) in [7, 11) is -3.99. The maximum atomic E-state index is 13.4. The number of amides is 2. The second-order valence-electron chi connectivity index (χ2n) is 7.11. The van der Waals surface area contributed by atoms with Crippen LogP contribution in [0.25, 0.3) is 0 Å². The molecule has 3 aromatic rings. The van der Waals surface area contributed by atoms with Gasteiger partial charge in [-0.15, -0.1) is 0 Å². The average Bonchev–Trinajstić information content (AvgIpc) is 2.73. The quantitative estimate of drug-likeness (QED) is 0.482. The minimum Gasteiger partial charge on any atom is -0.326 e. The third kappa shape index (κ3) is 5.95. The standard InChI is InChI=1S/C23H22BrN3O4S/c1-16-6-12-22(13-7-16)32(30,31)27(21-10-8-18(24)9-11-21)15-23(29)26-20-5-3-4-19(14-20)25-17(2)28/h3-14H,15H2,1-2H3,(H,25,28)(H,26,29). The molecule has 0 bridgehead atoms. The van der Waals surface area contributed by atoms with E-state index in [1.54, 1.807) is 60.7 Å². The van der Waals surface area contributed by atoms with Crippen LogP contribution in [0.15, 0.2) is 82.2 Å². The van der Waals surface area contributed by atoms with Gasteiger partial charge in [-0.25, -0.2) is 8.42 Å². The lowest BCUT2D eigenvalue weighted by Gasteiger charge is -2.24. The smallest absolute Gasteiger partial charge is 0.264 e. The number of nitrogens with zero attached hydrogens (tertiary/aromatic N) is 1. The van der Waals surface area contributed by atoms with Crippen LogP contribution in [0.4, 0.5) is 17.1 Å². The van der Waals surface area contributed by atoms with Crippen molar-refractivity contribution < 1.29 is 18.0 Å². The molecular weight excluding hydrogens is 494 g/mol. The number of anilines is 3.